The second-order valence-corrected chi connectivity index (χ2v) is 12.8. The number of rotatable bonds is 10. The highest BCUT2D eigenvalue weighted by Crippen LogP contribution is 2.50. The molecular formula is C37H34N2O5S. The number of nitrogens with zero attached hydrogens (tertiary/aromatic N) is 2. The lowest BCUT2D eigenvalue weighted by molar-refractivity contribution is -0.140. The summed E-state index contributed by atoms with van der Waals surface area (Å²) in [5.74, 6) is -0.169. The molecular weight excluding hydrogens is 584 g/mol. The van der Waals surface area contributed by atoms with Gasteiger partial charge in [0.05, 0.1) is 36.8 Å². The maximum absolute atomic E-state index is 13.9. The molecule has 228 valence electrons. The van der Waals surface area contributed by atoms with E-state index in [1.54, 1.807) is 29.7 Å². The Morgan fingerprint density at radius 1 is 0.978 bits per heavy atom. The SMILES string of the molecule is O=C1[C@@H]2[C@@H](CC(COc3ccccc3)=C3[C@@H](CC/C(=C/c4ccc(O)cc4)c4ccccn4)OC[C@@H]32)C(=O)N1Cc1cccs1. The van der Waals surface area contributed by atoms with Crippen LogP contribution in [0.3, 0.4) is 0 Å². The molecule has 7 nitrogen and oxygen atoms in total. The molecule has 0 bridgehead atoms. The first-order valence-corrected chi connectivity index (χ1v) is 16.2. The van der Waals surface area contributed by atoms with Gasteiger partial charge in [-0.2, -0.15) is 0 Å². The largest absolute Gasteiger partial charge is 0.508 e. The fraction of sp³-hybridized carbons (Fsp3) is 0.270. The summed E-state index contributed by atoms with van der Waals surface area (Å²) in [6.07, 6.45) is 5.56. The Bertz CT molecular complexity index is 1720. The Kier molecular flexibility index (Phi) is 8.33. The lowest BCUT2D eigenvalue weighted by Crippen LogP contribution is -2.35. The third-order valence-electron chi connectivity index (χ3n) is 9.05. The third-order valence-corrected chi connectivity index (χ3v) is 9.91. The first kappa shape index (κ1) is 29.2. The van der Waals surface area contributed by atoms with Crippen LogP contribution in [-0.4, -0.2) is 46.1 Å². The zero-order valence-corrected chi connectivity index (χ0v) is 25.6. The number of para-hydroxylation sites is 1. The maximum Gasteiger partial charge on any atom is 0.234 e. The number of allylic oxidation sites excluding steroid dienone is 1. The molecule has 1 aliphatic carbocycles. The highest BCUT2D eigenvalue weighted by atomic mass is 32.1. The van der Waals surface area contributed by atoms with Crippen LogP contribution in [0.25, 0.3) is 11.6 Å². The smallest absolute Gasteiger partial charge is 0.234 e. The number of thiophene rings is 1. The van der Waals surface area contributed by atoms with Crippen molar-refractivity contribution in [2.24, 2.45) is 17.8 Å². The highest BCUT2D eigenvalue weighted by molar-refractivity contribution is 7.09. The molecule has 4 aromatic rings. The van der Waals surface area contributed by atoms with Gasteiger partial charge in [-0.05, 0) is 95.5 Å². The van der Waals surface area contributed by atoms with Crippen molar-refractivity contribution in [3.8, 4) is 11.5 Å². The molecule has 2 aromatic carbocycles. The molecule has 0 spiro atoms. The Labute approximate surface area is 266 Å². The number of phenolic OH excluding ortho intramolecular Hbond substituents is 1. The van der Waals surface area contributed by atoms with E-state index in [1.165, 1.54) is 4.90 Å². The minimum atomic E-state index is -0.416. The van der Waals surface area contributed by atoms with Crippen molar-refractivity contribution >= 4 is 34.8 Å². The average molecular weight is 619 g/mol. The molecule has 3 aliphatic rings. The van der Waals surface area contributed by atoms with E-state index in [4.69, 9.17) is 9.47 Å². The summed E-state index contributed by atoms with van der Waals surface area (Å²) in [6, 6.07) is 26.6. The van der Waals surface area contributed by atoms with Crippen LogP contribution in [0, 0.1) is 17.8 Å². The maximum atomic E-state index is 13.9. The number of hydrogen-bond donors (Lipinski definition) is 1. The van der Waals surface area contributed by atoms with Crippen LogP contribution in [0.1, 0.15) is 35.4 Å². The van der Waals surface area contributed by atoms with Crippen molar-refractivity contribution in [2.45, 2.75) is 31.9 Å². The van der Waals surface area contributed by atoms with E-state index in [0.717, 1.165) is 38.6 Å². The standard InChI is InChI=1S/C37H34N2O5S/c40-27-14-11-24(12-15-27)19-25(32-10-4-5-17-38-32)13-16-33-34-26(22-43-28-7-2-1-3-8-28)20-30-35(31(34)23-44-33)37(42)39(36(30)41)21-29-9-6-18-45-29/h1-12,14-15,17-19,30-31,33,35,40H,13,16,20-23H2/b25-19-/t30-,31+,33-,35-/m1/s1. The number of imide groups is 1. The molecule has 2 aliphatic heterocycles. The molecule has 8 heteroatoms. The number of pyridine rings is 1. The van der Waals surface area contributed by atoms with Crippen LogP contribution in [0.2, 0.25) is 0 Å². The summed E-state index contributed by atoms with van der Waals surface area (Å²) >= 11 is 1.56. The number of hydrogen-bond acceptors (Lipinski definition) is 7. The number of ether oxygens (including phenoxy) is 2. The van der Waals surface area contributed by atoms with E-state index in [0.29, 0.717) is 39.0 Å². The lowest BCUT2D eigenvalue weighted by Gasteiger charge is -2.31. The number of amides is 2. The van der Waals surface area contributed by atoms with Crippen molar-refractivity contribution in [2.75, 3.05) is 13.2 Å². The molecule has 4 atom stereocenters. The van der Waals surface area contributed by atoms with Crippen molar-refractivity contribution < 1.29 is 24.2 Å². The van der Waals surface area contributed by atoms with Gasteiger partial charge in [-0.15, -0.1) is 11.3 Å². The van der Waals surface area contributed by atoms with Gasteiger partial charge >= 0.3 is 0 Å². The van der Waals surface area contributed by atoms with Crippen LogP contribution in [0.15, 0.2) is 108 Å². The zero-order chi connectivity index (χ0) is 30.8. The summed E-state index contributed by atoms with van der Waals surface area (Å²) in [7, 11) is 0. The van der Waals surface area contributed by atoms with E-state index >= 15 is 0 Å². The summed E-state index contributed by atoms with van der Waals surface area (Å²) in [5.41, 5.74) is 5.09. The van der Waals surface area contributed by atoms with Gasteiger partial charge in [-0.25, -0.2) is 0 Å². The van der Waals surface area contributed by atoms with Gasteiger partial charge in [0.1, 0.15) is 18.1 Å². The Balaban J connectivity index is 1.18. The summed E-state index contributed by atoms with van der Waals surface area (Å²) < 4.78 is 12.7. The minimum Gasteiger partial charge on any atom is -0.508 e. The second kappa shape index (κ2) is 12.8. The van der Waals surface area contributed by atoms with E-state index in [9.17, 15) is 14.7 Å². The number of fused-ring (bicyclic) bond motifs is 3. The molecule has 0 saturated carbocycles. The van der Waals surface area contributed by atoms with Crippen LogP contribution in [0.5, 0.6) is 11.5 Å². The Morgan fingerprint density at radius 2 is 1.80 bits per heavy atom. The molecule has 2 aromatic heterocycles. The first-order chi connectivity index (χ1) is 22.0. The van der Waals surface area contributed by atoms with Crippen molar-refractivity contribution in [1.29, 1.82) is 0 Å². The van der Waals surface area contributed by atoms with Gasteiger partial charge in [0, 0.05) is 17.0 Å². The monoisotopic (exact) mass is 618 g/mol. The Hall–Kier alpha value is -4.53. The molecule has 4 heterocycles. The van der Waals surface area contributed by atoms with Gasteiger partial charge in [-0.1, -0.05) is 42.5 Å². The quantitative estimate of drug-likeness (QED) is 0.156. The van der Waals surface area contributed by atoms with Crippen LogP contribution < -0.4 is 4.74 Å². The first-order valence-electron chi connectivity index (χ1n) is 15.3. The number of carbonyl (C=O) groups is 2. The van der Waals surface area contributed by atoms with Crippen LogP contribution >= 0.6 is 11.3 Å². The molecule has 2 fully saturated rings. The van der Waals surface area contributed by atoms with Crippen molar-refractivity contribution in [3.05, 3.63) is 124 Å². The number of carbonyl (C=O) groups excluding carboxylic acids is 2. The Morgan fingerprint density at radius 3 is 2.56 bits per heavy atom. The molecule has 1 N–H and O–H groups in total. The van der Waals surface area contributed by atoms with Crippen molar-refractivity contribution in [1.82, 2.24) is 9.88 Å². The summed E-state index contributed by atoms with van der Waals surface area (Å²) in [5, 5.41) is 11.7. The average Bonchev–Trinajstić information content (AvgIpc) is 3.80. The lowest BCUT2D eigenvalue weighted by atomic mass is 9.69. The second-order valence-electron chi connectivity index (χ2n) is 11.8. The van der Waals surface area contributed by atoms with E-state index < -0.39 is 11.8 Å². The van der Waals surface area contributed by atoms with Crippen molar-refractivity contribution in [3.63, 3.8) is 0 Å². The van der Waals surface area contributed by atoms with Crippen LogP contribution in [-0.2, 0) is 20.9 Å². The number of benzene rings is 2. The fourth-order valence-electron chi connectivity index (χ4n) is 6.96. The van der Waals surface area contributed by atoms with Gasteiger partial charge in [0.2, 0.25) is 11.8 Å². The minimum absolute atomic E-state index is 0.0884. The molecule has 0 unspecified atom stereocenters. The number of aromatic nitrogens is 1. The van der Waals surface area contributed by atoms with Gasteiger partial charge in [0.15, 0.2) is 0 Å². The molecule has 45 heavy (non-hydrogen) atoms. The number of likely N-dealkylation sites (tertiary alicyclic amines) is 1. The van der Waals surface area contributed by atoms with Gasteiger partial charge < -0.3 is 14.6 Å². The van der Waals surface area contributed by atoms with E-state index in [2.05, 4.69) is 11.1 Å². The van der Waals surface area contributed by atoms with E-state index in [-0.39, 0.29) is 29.6 Å². The number of aromatic hydroxyl groups is 1. The van der Waals surface area contributed by atoms with Crippen LogP contribution in [0.4, 0.5) is 0 Å². The molecule has 2 saturated heterocycles. The molecule has 2 amide bonds. The highest BCUT2D eigenvalue weighted by Gasteiger charge is 2.57. The zero-order valence-electron chi connectivity index (χ0n) is 24.7. The predicted molar refractivity (Wildman–Crippen MR) is 173 cm³/mol. The van der Waals surface area contributed by atoms with E-state index in [1.807, 2.05) is 78.2 Å². The predicted octanol–water partition coefficient (Wildman–Crippen LogP) is 6.77. The third kappa shape index (κ3) is 6.08. The fourth-order valence-corrected chi connectivity index (χ4v) is 7.65. The summed E-state index contributed by atoms with van der Waals surface area (Å²) in [4.78, 5) is 34.6. The molecule has 0 radical (unpaired) electrons. The van der Waals surface area contributed by atoms with Gasteiger partial charge in [-0.3, -0.25) is 19.5 Å². The summed E-state index contributed by atoms with van der Waals surface area (Å²) in [6.45, 7) is 1.07. The number of phenols is 1. The normalized spacial score (nSPS) is 22.9. The topological polar surface area (TPSA) is 89.0 Å². The molecule has 7 rings (SSSR count). The van der Waals surface area contributed by atoms with Gasteiger partial charge in [0.25, 0.3) is 0 Å².